The Morgan fingerprint density at radius 1 is 1.53 bits per heavy atom. The second-order valence-corrected chi connectivity index (χ2v) is 5.98. The molecular weight excluding hydrogens is 238 g/mol. The molecular formula is C15H23N3O. The molecule has 1 aliphatic carbocycles. The summed E-state index contributed by atoms with van der Waals surface area (Å²) < 4.78 is 0. The molecule has 0 unspecified atom stereocenters. The van der Waals surface area contributed by atoms with Crippen LogP contribution in [-0.4, -0.2) is 23.5 Å². The maximum atomic E-state index is 11.9. The zero-order chi connectivity index (χ0) is 13.9. The van der Waals surface area contributed by atoms with Crippen LogP contribution in [0.15, 0.2) is 24.5 Å². The molecule has 1 fully saturated rings. The first kappa shape index (κ1) is 14.0. The standard InChI is InChI=1S/C15H23N3O/c1-11(2)8-13(16)14(19)18-10-15(5-6-15)12-4-3-7-17-9-12/h3-4,7,9,11,13H,5-6,8,10,16H2,1-2H3,(H,18,19)/t13-/m0/s1. The van der Waals surface area contributed by atoms with Gasteiger partial charge in [-0.2, -0.15) is 0 Å². The van der Waals surface area contributed by atoms with Gasteiger partial charge in [0, 0.05) is 24.4 Å². The van der Waals surface area contributed by atoms with Crippen LogP contribution in [0.5, 0.6) is 0 Å². The summed E-state index contributed by atoms with van der Waals surface area (Å²) >= 11 is 0. The van der Waals surface area contributed by atoms with Crippen LogP contribution in [0, 0.1) is 5.92 Å². The van der Waals surface area contributed by atoms with Crippen LogP contribution in [-0.2, 0) is 10.2 Å². The van der Waals surface area contributed by atoms with Crippen molar-refractivity contribution in [3.05, 3.63) is 30.1 Å². The number of nitrogens with zero attached hydrogens (tertiary/aromatic N) is 1. The van der Waals surface area contributed by atoms with Crippen LogP contribution in [0.3, 0.4) is 0 Å². The van der Waals surface area contributed by atoms with Crippen LogP contribution in [0.4, 0.5) is 0 Å². The van der Waals surface area contributed by atoms with E-state index in [9.17, 15) is 4.79 Å². The maximum Gasteiger partial charge on any atom is 0.236 e. The average molecular weight is 261 g/mol. The molecule has 4 heteroatoms. The highest BCUT2D eigenvalue weighted by Crippen LogP contribution is 2.47. The minimum atomic E-state index is -0.398. The molecule has 0 radical (unpaired) electrons. The lowest BCUT2D eigenvalue weighted by molar-refractivity contribution is -0.122. The van der Waals surface area contributed by atoms with E-state index in [0.29, 0.717) is 12.5 Å². The molecule has 1 atom stereocenters. The van der Waals surface area contributed by atoms with Crippen molar-refractivity contribution in [2.24, 2.45) is 11.7 Å². The molecule has 19 heavy (non-hydrogen) atoms. The minimum Gasteiger partial charge on any atom is -0.354 e. The third kappa shape index (κ3) is 3.53. The van der Waals surface area contributed by atoms with Crippen LogP contribution in [0.1, 0.15) is 38.7 Å². The third-order valence-corrected chi connectivity index (χ3v) is 3.79. The summed E-state index contributed by atoms with van der Waals surface area (Å²) in [7, 11) is 0. The van der Waals surface area contributed by atoms with Crippen molar-refractivity contribution >= 4 is 5.91 Å². The summed E-state index contributed by atoms with van der Waals surface area (Å²) in [5, 5.41) is 3.00. The van der Waals surface area contributed by atoms with E-state index in [-0.39, 0.29) is 11.3 Å². The fraction of sp³-hybridized carbons (Fsp3) is 0.600. The molecule has 4 nitrogen and oxygen atoms in total. The quantitative estimate of drug-likeness (QED) is 0.817. The number of aromatic nitrogens is 1. The highest BCUT2D eigenvalue weighted by Gasteiger charge is 2.44. The molecule has 2 rings (SSSR count). The molecule has 0 bridgehead atoms. The van der Waals surface area contributed by atoms with Crippen molar-refractivity contribution in [3.8, 4) is 0 Å². The number of amides is 1. The van der Waals surface area contributed by atoms with Crippen LogP contribution < -0.4 is 11.1 Å². The molecule has 0 spiro atoms. The SMILES string of the molecule is CC(C)C[C@H](N)C(=O)NCC1(c2cccnc2)CC1. The Bertz CT molecular complexity index is 426. The lowest BCUT2D eigenvalue weighted by Crippen LogP contribution is -2.44. The normalized spacial score (nSPS) is 18.1. The van der Waals surface area contributed by atoms with Crippen molar-refractivity contribution in [3.63, 3.8) is 0 Å². The molecule has 1 amide bonds. The Labute approximate surface area is 114 Å². The van der Waals surface area contributed by atoms with Gasteiger partial charge in [-0.15, -0.1) is 0 Å². The summed E-state index contributed by atoms with van der Waals surface area (Å²) in [6.45, 7) is 4.82. The fourth-order valence-corrected chi connectivity index (χ4v) is 2.40. The second-order valence-electron chi connectivity index (χ2n) is 5.98. The molecule has 1 heterocycles. The van der Waals surface area contributed by atoms with Gasteiger partial charge < -0.3 is 11.1 Å². The molecule has 104 valence electrons. The van der Waals surface area contributed by atoms with Gasteiger partial charge in [-0.25, -0.2) is 0 Å². The number of pyridine rings is 1. The Kier molecular flexibility index (Phi) is 4.20. The molecule has 3 N–H and O–H groups in total. The summed E-state index contributed by atoms with van der Waals surface area (Å²) in [5.74, 6) is 0.401. The van der Waals surface area contributed by atoms with E-state index in [1.807, 2.05) is 12.3 Å². The van der Waals surface area contributed by atoms with E-state index in [0.717, 1.165) is 19.3 Å². The van der Waals surface area contributed by atoms with Gasteiger partial charge in [-0.05, 0) is 36.8 Å². The number of rotatable bonds is 6. The average Bonchev–Trinajstić information content (AvgIpc) is 3.17. The van der Waals surface area contributed by atoms with Gasteiger partial charge >= 0.3 is 0 Å². The number of hydrogen-bond donors (Lipinski definition) is 2. The molecule has 0 saturated heterocycles. The predicted octanol–water partition coefficient (Wildman–Crippen LogP) is 1.60. The van der Waals surface area contributed by atoms with Crippen LogP contribution in [0.25, 0.3) is 0 Å². The zero-order valence-electron chi connectivity index (χ0n) is 11.7. The molecule has 0 aliphatic heterocycles. The smallest absolute Gasteiger partial charge is 0.236 e. The van der Waals surface area contributed by atoms with Crippen molar-refractivity contribution in [2.45, 2.75) is 44.6 Å². The molecule has 1 aromatic rings. The summed E-state index contributed by atoms with van der Waals surface area (Å²) in [4.78, 5) is 16.1. The maximum absolute atomic E-state index is 11.9. The van der Waals surface area contributed by atoms with Crippen LogP contribution >= 0.6 is 0 Å². The molecule has 1 aromatic heterocycles. The van der Waals surface area contributed by atoms with Crippen molar-refractivity contribution < 1.29 is 4.79 Å². The van der Waals surface area contributed by atoms with E-state index >= 15 is 0 Å². The lowest BCUT2D eigenvalue weighted by atomic mass is 9.97. The number of nitrogens with two attached hydrogens (primary N) is 1. The number of carbonyl (C=O) groups is 1. The van der Waals surface area contributed by atoms with E-state index in [2.05, 4.69) is 30.2 Å². The minimum absolute atomic E-state index is 0.0381. The monoisotopic (exact) mass is 261 g/mol. The summed E-state index contributed by atoms with van der Waals surface area (Å²) in [6.07, 6.45) is 6.62. The van der Waals surface area contributed by atoms with Gasteiger partial charge in [-0.3, -0.25) is 9.78 Å². The highest BCUT2D eigenvalue weighted by atomic mass is 16.2. The zero-order valence-corrected chi connectivity index (χ0v) is 11.7. The first-order valence-corrected chi connectivity index (χ1v) is 6.97. The Balaban J connectivity index is 1.87. The molecule has 1 aliphatic rings. The number of nitrogens with one attached hydrogen (secondary N) is 1. The van der Waals surface area contributed by atoms with Gasteiger partial charge in [0.1, 0.15) is 0 Å². The van der Waals surface area contributed by atoms with Gasteiger partial charge in [0.05, 0.1) is 6.04 Å². The van der Waals surface area contributed by atoms with E-state index < -0.39 is 6.04 Å². The van der Waals surface area contributed by atoms with Crippen molar-refractivity contribution in [1.29, 1.82) is 0 Å². The molecule has 1 saturated carbocycles. The highest BCUT2D eigenvalue weighted by molar-refractivity contribution is 5.81. The lowest BCUT2D eigenvalue weighted by Gasteiger charge is -2.19. The second kappa shape index (κ2) is 5.70. The summed E-state index contributed by atoms with van der Waals surface area (Å²) in [5.41, 5.74) is 7.20. The summed E-state index contributed by atoms with van der Waals surface area (Å²) in [6, 6.07) is 3.63. The van der Waals surface area contributed by atoms with E-state index in [1.165, 1.54) is 5.56 Å². The number of hydrogen-bond acceptors (Lipinski definition) is 3. The van der Waals surface area contributed by atoms with E-state index in [4.69, 9.17) is 5.73 Å². The van der Waals surface area contributed by atoms with Gasteiger partial charge in [0.2, 0.25) is 5.91 Å². The Morgan fingerprint density at radius 3 is 2.79 bits per heavy atom. The van der Waals surface area contributed by atoms with Crippen molar-refractivity contribution in [1.82, 2.24) is 10.3 Å². The molecule has 0 aromatic carbocycles. The predicted molar refractivity (Wildman–Crippen MR) is 75.6 cm³/mol. The largest absolute Gasteiger partial charge is 0.354 e. The number of carbonyl (C=O) groups excluding carboxylic acids is 1. The Morgan fingerprint density at radius 2 is 2.26 bits per heavy atom. The van der Waals surface area contributed by atoms with Gasteiger partial charge in [0.25, 0.3) is 0 Å². The topological polar surface area (TPSA) is 68.0 Å². The van der Waals surface area contributed by atoms with E-state index in [1.54, 1.807) is 6.20 Å². The first-order chi connectivity index (χ1) is 9.03. The van der Waals surface area contributed by atoms with Gasteiger partial charge in [-0.1, -0.05) is 19.9 Å². The third-order valence-electron chi connectivity index (χ3n) is 3.79. The van der Waals surface area contributed by atoms with Crippen molar-refractivity contribution in [2.75, 3.05) is 6.54 Å². The fourth-order valence-electron chi connectivity index (χ4n) is 2.40. The van der Waals surface area contributed by atoms with Crippen LogP contribution in [0.2, 0.25) is 0 Å². The first-order valence-electron chi connectivity index (χ1n) is 6.97. The van der Waals surface area contributed by atoms with Gasteiger partial charge in [0.15, 0.2) is 0 Å². The Hall–Kier alpha value is -1.42.